The standard InChI is InChI=1S/C11H20N4O2Si/c1-5-12-14-10(3)16-18(8-7-9-18)17-11(4)15-13-6-2/h5-6H,7-9H2,1-4H3/b12-5+,13-6+,14-10+,15-11+. The van der Waals surface area contributed by atoms with Crippen LogP contribution in [0.25, 0.3) is 0 Å². The van der Waals surface area contributed by atoms with Crippen LogP contribution in [-0.2, 0) is 8.85 Å². The third-order valence-electron chi connectivity index (χ3n) is 2.41. The maximum Gasteiger partial charge on any atom is 0.462 e. The van der Waals surface area contributed by atoms with Crippen LogP contribution in [0.1, 0.15) is 34.1 Å². The quantitative estimate of drug-likeness (QED) is 0.340. The number of hydrogen-bond donors (Lipinski definition) is 0. The molecule has 0 N–H and O–H groups in total. The van der Waals surface area contributed by atoms with E-state index >= 15 is 0 Å². The molecule has 0 radical (unpaired) electrons. The van der Waals surface area contributed by atoms with E-state index < -0.39 is 8.56 Å². The van der Waals surface area contributed by atoms with E-state index in [4.69, 9.17) is 8.85 Å². The largest absolute Gasteiger partial charge is 0.500 e. The van der Waals surface area contributed by atoms with Crippen LogP contribution in [0.4, 0.5) is 0 Å². The Hall–Kier alpha value is -1.50. The molecule has 18 heavy (non-hydrogen) atoms. The Bertz CT molecular complexity index is 355. The molecule has 0 aromatic carbocycles. The van der Waals surface area contributed by atoms with Crippen molar-refractivity contribution in [3.05, 3.63) is 0 Å². The molecule has 1 aliphatic rings. The SMILES string of the molecule is C/C=N/N=C(\C)O[Si]1(O/C(C)=N/N=C/C)CCC1. The van der Waals surface area contributed by atoms with Gasteiger partial charge in [0.2, 0.25) is 0 Å². The van der Waals surface area contributed by atoms with Gasteiger partial charge in [0.15, 0.2) is 11.8 Å². The van der Waals surface area contributed by atoms with Crippen molar-refractivity contribution in [2.75, 3.05) is 0 Å². The minimum absolute atomic E-state index is 0.547. The Balaban J connectivity index is 2.63. The molecule has 1 fully saturated rings. The van der Waals surface area contributed by atoms with Crippen LogP contribution < -0.4 is 0 Å². The maximum atomic E-state index is 5.85. The van der Waals surface area contributed by atoms with E-state index in [1.54, 1.807) is 26.3 Å². The molecule has 7 heteroatoms. The molecule has 1 aliphatic heterocycles. The van der Waals surface area contributed by atoms with Crippen LogP contribution in [0.5, 0.6) is 0 Å². The topological polar surface area (TPSA) is 67.9 Å². The molecule has 0 unspecified atom stereocenters. The highest BCUT2D eigenvalue weighted by Gasteiger charge is 2.49. The summed E-state index contributed by atoms with van der Waals surface area (Å²) in [7, 11) is -2.18. The summed E-state index contributed by atoms with van der Waals surface area (Å²) in [6.45, 7) is 7.20. The highest BCUT2D eigenvalue weighted by atomic mass is 28.4. The summed E-state index contributed by atoms with van der Waals surface area (Å²) in [6, 6.07) is 1.91. The third kappa shape index (κ3) is 4.40. The fourth-order valence-electron chi connectivity index (χ4n) is 1.55. The van der Waals surface area contributed by atoms with E-state index in [9.17, 15) is 0 Å². The van der Waals surface area contributed by atoms with E-state index in [1.165, 1.54) is 0 Å². The first-order valence-corrected chi connectivity index (χ1v) is 8.27. The second-order valence-electron chi connectivity index (χ2n) is 3.95. The lowest BCUT2D eigenvalue weighted by atomic mass is 10.5. The van der Waals surface area contributed by atoms with Gasteiger partial charge in [-0.25, -0.2) is 0 Å². The zero-order valence-electron chi connectivity index (χ0n) is 11.4. The fraction of sp³-hybridized carbons (Fsp3) is 0.636. The summed E-state index contributed by atoms with van der Waals surface area (Å²) in [5.41, 5.74) is 0. The van der Waals surface area contributed by atoms with Crippen molar-refractivity contribution in [2.45, 2.75) is 46.2 Å². The molecule has 1 rings (SSSR count). The molecular formula is C11H20N4O2Si. The van der Waals surface area contributed by atoms with Crippen LogP contribution >= 0.6 is 0 Å². The third-order valence-corrected chi connectivity index (χ3v) is 5.98. The summed E-state index contributed by atoms with van der Waals surface area (Å²) in [4.78, 5) is 0. The predicted octanol–water partition coefficient (Wildman–Crippen LogP) is 2.71. The Morgan fingerprint density at radius 2 is 1.39 bits per heavy atom. The van der Waals surface area contributed by atoms with Crippen LogP contribution in [0.15, 0.2) is 20.4 Å². The number of rotatable bonds is 4. The molecular weight excluding hydrogens is 248 g/mol. The molecule has 0 amide bonds. The van der Waals surface area contributed by atoms with Crippen molar-refractivity contribution in [1.29, 1.82) is 0 Å². The van der Waals surface area contributed by atoms with Gasteiger partial charge in [-0.3, -0.25) is 0 Å². The summed E-state index contributed by atoms with van der Waals surface area (Å²) in [6.07, 6.45) is 4.36. The molecule has 0 saturated carbocycles. The molecule has 0 atom stereocenters. The summed E-state index contributed by atoms with van der Waals surface area (Å²) in [5.74, 6) is 1.09. The van der Waals surface area contributed by atoms with Crippen molar-refractivity contribution < 1.29 is 8.85 Å². The summed E-state index contributed by atoms with van der Waals surface area (Å²) >= 11 is 0. The Morgan fingerprint density at radius 1 is 0.944 bits per heavy atom. The van der Waals surface area contributed by atoms with E-state index in [1.807, 2.05) is 13.8 Å². The number of nitrogens with zero attached hydrogens (tertiary/aromatic N) is 4. The molecule has 0 aliphatic carbocycles. The summed E-state index contributed by atoms with van der Waals surface area (Å²) < 4.78 is 11.7. The van der Waals surface area contributed by atoms with Crippen molar-refractivity contribution >= 4 is 32.8 Å². The van der Waals surface area contributed by atoms with Crippen LogP contribution in [-0.4, -0.2) is 32.8 Å². The smallest absolute Gasteiger partial charge is 0.462 e. The number of hydrogen-bond acceptors (Lipinski definition) is 6. The molecule has 0 aromatic heterocycles. The van der Waals surface area contributed by atoms with E-state index in [2.05, 4.69) is 20.4 Å². The lowest BCUT2D eigenvalue weighted by molar-refractivity contribution is 0.334. The van der Waals surface area contributed by atoms with Crippen molar-refractivity contribution in [2.24, 2.45) is 20.4 Å². The normalized spacial score (nSPS) is 20.2. The first kappa shape index (κ1) is 14.6. The first-order chi connectivity index (χ1) is 8.62. The van der Waals surface area contributed by atoms with Gasteiger partial charge in [0.25, 0.3) is 0 Å². The van der Waals surface area contributed by atoms with Gasteiger partial charge >= 0.3 is 8.56 Å². The summed E-state index contributed by atoms with van der Waals surface area (Å²) in [5, 5.41) is 15.4. The molecule has 0 bridgehead atoms. The van der Waals surface area contributed by atoms with E-state index in [0.717, 1.165) is 18.5 Å². The van der Waals surface area contributed by atoms with E-state index in [-0.39, 0.29) is 0 Å². The zero-order valence-corrected chi connectivity index (χ0v) is 12.4. The lowest BCUT2D eigenvalue weighted by Crippen LogP contribution is -2.50. The fourth-order valence-corrected chi connectivity index (χ4v) is 4.09. The van der Waals surface area contributed by atoms with Gasteiger partial charge in [-0.15, -0.1) is 10.2 Å². The molecule has 6 nitrogen and oxygen atoms in total. The Kier molecular flexibility index (Phi) is 5.70. The van der Waals surface area contributed by atoms with Crippen LogP contribution in [0.2, 0.25) is 12.1 Å². The highest BCUT2D eigenvalue weighted by Crippen LogP contribution is 2.34. The van der Waals surface area contributed by atoms with E-state index in [0.29, 0.717) is 11.8 Å². The lowest BCUT2D eigenvalue weighted by Gasteiger charge is -2.36. The van der Waals surface area contributed by atoms with Gasteiger partial charge in [-0.2, -0.15) is 10.2 Å². The van der Waals surface area contributed by atoms with Crippen molar-refractivity contribution in [3.8, 4) is 0 Å². The molecule has 1 heterocycles. The minimum atomic E-state index is -2.18. The monoisotopic (exact) mass is 268 g/mol. The van der Waals surface area contributed by atoms with Gasteiger partial charge in [0, 0.05) is 38.4 Å². The van der Waals surface area contributed by atoms with Gasteiger partial charge in [0.05, 0.1) is 0 Å². The second kappa shape index (κ2) is 7.05. The highest BCUT2D eigenvalue weighted by molar-refractivity contribution is 6.73. The van der Waals surface area contributed by atoms with Gasteiger partial charge < -0.3 is 8.85 Å². The van der Waals surface area contributed by atoms with Crippen LogP contribution in [0.3, 0.4) is 0 Å². The predicted molar refractivity (Wildman–Crippen MR) is 76.7 cm³/mol. The van der Waals surface area contributed by atoms with Gasteiger partial charge in [-0.05, 0) is 20.3 Å². The second-order valence-corrected chi connectivity index (χ2v) is 7.18. The molecule has 0 aromatic rings. The van der Waals surface area contributed by atoms with Crippen LogP contribution in [0, 0.1) is 0 Å². The average Bonchev–Trinajstić information content (AvgIpc) is 2.31. The molecule has 0 spiro atoms. The van der Waals surface area contributed by atoms with Gasteiger partial charge in [0.1, 0.15) is 0 Å². The van der Waals surface area contributed by atoms with Gasteiger partial charge in [-0.1, -0.05) is 0 Å². The first-order valence-electron chi connectivity index (χ1n) is 6.04. The maximum absolute atomic E-state index is 5.85. The van der Waals surface area contributed by atoms with Crippen molar-refractivity contribution in [1.82, 2.24) is 0 Å². The minimum Gasteiger partial charge on any atom is -0.500 e. The molecule has 1 saturated heterocycles. The molecule has 100 valence electrons. The zero-order chi connectivity index (χ0) is 13.4. The Morgan fingerprint density at radius 3 is 1.67 bits per heavy atom. The van der Waals surface area contributed by atoms with Crippen molar-refractivity contribution in [3.63, 3.8) is 0 Å². The average molecular weight is 268 g/mol. The Labute approximate surface area is 109 Å².